The van der Waals surface area contributed by atoms with E-state index in [-0.39, 0.29) is 11.8 Å². The molecule has 2 rings (SSSR count). The lowest BCUT2D eigenvalue weighted by molar-refractivity contribution is -0.137. The van der Waals surface area contributed by atoms with Crippen molar-refractivity contribution < 1.29 is 38.2 Å². The highest BCUT2D eigenvalue weighted by Gasteiger charge is 2.30. The molecule has 2 aliphatic rings. The van der Waals surface area contributed by atoms with Crippen LogP contribution in [0.15, 0.2) is 24.3 Å². The molecule has 4 N–H and O–H groups in total. The lowest BCUT2D eigenvalue weighted by Crippen LogP contribution is -2.35. The summed E-state index contributed by atoms with van der Waals surface area (Å²) in [5.74, 6) is -1.74. The Morgan fingerprint density at radius 1 is 0.857 bits per heavy atom. The maximum absolute atomic E-state index is 10.7. The van der Waals surface area contributed by atoms with Crippen LogP contribution in [0.25, 0.3) is 0 Å². The number of hydrogen-bond donors (Lipinski definition) is 2. The van der Waals surface area contributed by atoms with E-state index in [9.17, 15) is 28.8 Å². The van der Waals surface area contributed by atoms with E-state index in [1.54, 1.807) is 6.92 Å². The van der Waals surface area contributed by atoms with E-state index in [2.05, 4.69) is 15.2 Å². The minimum atomic E-state index is -0.954. The number of ether oxygens (including phenoxy) is 2. The number of carbonyl (C=O) groups excluding carboxylic acids is 6. The fraction of sp³-hybridized carbons (Fsp3) is 0.375. The quantitative estimate of drug-likeness (QED) is 0.537. The highest BCUT2D eigenvalue weighted by molar-refractivity contribution is 6.21. The molecule has 0 bridgehead atoms. The van der Waals surface area contributed by atoms with Crippen molar-refractivity contribution in [2.24, 2.45) is 11.5 Å². The summed E-state index contributed by atoms with van der Waals surface area (Å²) in [4.78, 5) is 64.3. The molecular weight excluding hydrogens is 376 g/mol. The Morgan fingerprint density at radius 3 is 1.39 bits per heavy atom. The van der Waals surface area contributed by atoms with Crippen LogP contribution in [0.4, 0.5) is 9.59 Å². The van der Waals surface area contributed by atoms with Gasteiger partial charge in [-0.05, 0) is 13.5 Å². The first kappa shape index (κ1) is 26.7. The molecule has 0 aromatic rings. The predicted molar refractivity (Wildman–Crippen MR) is 96.3 cm³/mol. The van der Waals surface area contributed by atoms with Crippen LogP contribution in [0.2, 0.25) is 0 Å². The van der Waals surface area contributed by atoms with E-state index in [1.165, 1.54) is 24.2 Å². The summed E-state index contributed by atoms with van der Waals surface area (Å²) >= 11 is 0. The van der Waals surface area contributed by atoms with Crippen molar-refractivity contribution in [3.8, 4) is 0 Å². The van der Waals surface area contributed by atoms with Crippen molar-refractivity contribution in [1.29, 1.82) is 0 Å². The van der Waals surface area contributed by atoms with Crippen molar-refractivity contribution >= 4 is 35.8 Å². The van der Waals surface area contributed by atoms with E-state index in [0.29, 0.717) is 11.4 Å². The third-order valence-electron chi connectivity index (χ3n) is 2.58. The fourth-order valence-corrected chi connectivity index (χ4v) is 1.41. The molecule has 0 saturated heterocycles. The molecule has 0 aliphatic carbocycles. The van der Waals surface area contributed by atoms with Gasteiger partial charge in [0, 0.05) is 30.8 Å². The molecule has 0 aromatic carbocycles. The maximum Gasteiger partial charge on any atom is 0.423 e. The van der Waals surface area contributed by atoms with Crippen LogP contribution in [-0.4, -0.2) is 72.9 Å². The van der Waals surface area contributed by atoms with Crippen molar-refractivity contribution in [3.05, 3.63) is 24.3 Å². The van der Waals surface area contributed by atoms with Gasteiger partial charge in [-0.2, -0.15) is 4.90 Å². The van der Waals surface area contributed by atoms with Gasteiger partial charge in [-0.1, -0.05) is 6.92 Å². The van der Waals surface area contributed by atoms with Crippen LogP contribution >= 0.6 is 0 Å². The molecule has 156 valence electrons. The number of carbonyl (C=O) groups is 6. The monoisotopic (exact) mass is 400 g/mol. The zero-order chi connectivity index (χ0) is 22.3. The van der Waals surface area contributed by atoms with Crippen LogP contribution in [0, 0.1) is 0 Å². The molecule has 0 fully saturated rings. The molecule has 2 heterocycles. The molecule has 0 radical (unpaired) electrons. The molecule has 0 atom stereocenters. The second-order valence-corrected chi connectivity index (χ2v) is 4.50. The second kappa shape index (κ2) is 14.6. The molecule has 2 aliphatic heterocycles. The van der Waals surface area contributed by atoms with Gasteiger partial charge in [0.1, 0.15) is 0 Å². The molecular formula is C16H24N4O8. The van der Waals surface area contributed by atoms with Crippen LogP contribution < -0.4 is 11.5 Å². The Hall–Kier alpha value is -3.54. The molecule has 0 saturated carbocycles. The van der Waals surface area contributed by atoms with Crippen LogP contribution in [0.3, 0.4) is 0 Å². The summed E-state index contributed by atoms with van der Waals surface area (Å²) in [5.41, 5.74) is 9.28. The molecule has 0 spiro atoms. The topological polar surface area (TPSA) is 179 Å². The summed E-state index contributed by atoms with van der Waals surface area (Å²) in [6.45, 7) is 4.88. The van der Waals surface area contributed by atoms with E-state index in [0.717, 1.165) is 25.8 Å². The van der Waals surface area contributed by atoms with Gasteiger partial charge in [0.2, 0.25) is 0 Å². The first-order valence-electron chi connectivity index (χ1n) is 7.82. The first-order valence-corrected chi connectivity index (χ1v) is 7.82. The highest BCUT2D eigenvalue weighted by Crippen LogP contribution is 2.04. The lowest BCUT2D eigenvalue weighted by Gasteiger charge is -2.08. The van der Waals surface area contributed by atoms with Gasteiger partial charge in [-0.3, -0.25) is 24.1 Å². The Morgan fingerprint density at radius 2 is 1.18 bits per heavy atom. The van der Waals surface area contributed by atoms with Gasteiger partial charge >= 0.3 is 12.2 Å². The van der Waals surface area contributed by atoms with E-state index < -0.39 is 24.0 Å². The predicted octanol–water partition coefficient (Wildman–Crippen LogP) is -0.714. The van der Waals surface area contributed by atoms with Gasteiger partial charge in [-0.25, -0.2) is 9.59 Å². The van der Waals surface area contributed by atoms with Gasteiger partial charge in [0.25, 0.3) is 23.6 Å². The zero-order valence-corrected chi connectivity index (χ0v) is 16.0. The Balaban J connectivity index is 0. The number of primary amides is 1. The van der Waals surface area contributed by atoms with Gasteiger partial charge < -0.3 is 20.9 Å². The number of hydrogen-bond acceptors (Lipinski definition) is 9. The number of methoxy groups -OCH3 is 2. The number of likely N-dealkylation sites (N-methyl/N-ethyl adjacent to an activating group) is 1. The number of nitrogens with zero attached hydrogens (tertiary/aromatic N) is 2. The van der Waals surface area contributed by atoms with Gasteiger partial charge in [0.15, 0.2) is 0 Å². The number of amides is 6. The summed E-state index contributed by atoms with van der Waals surface area (Å²) in [5, 5.41) is 0. The summed E-state index contributed by atoms with van der Waals surface area (Å²) < 4.78 is 8.07. The molecule has 0 aromatic heterocycles. The molecule has 6 amide bonds. The van der Waals surface area contributed by atoms with Crippen molar-refractivity contribution in [3.63, 3.8) is 0 Å². The molecule has 12 nitrogen and oxygen atoms in total. The third kappa shape index (κ3) is 9.82. The van der Waals surface area contributed by atoms with Crippen molar-refractivity contribution in [2.45, 2.75) is 13.8 Å². The van der Waals surface area contributed by atoms with Crippen LogP contribution in [-0.2, 0) is 28.7 Å². The minimum absolute atomic E-state index is 0.206. The van der Waals surface area contributed by atoms with Gasteiger partial charge in [0.05, 0.1) is 14.2 Å². The normalized spacial score (nSPS) is 13.8. The summed E-state index contributed by atoms with van der Waals surface area (Å²) in [6, 6.07) is 0. The largest absolute Gasteiger partial charge is 0.453 e. The van der Waals surface area contributed by atoms with E-state index in [4.69, 9.17) is 5.73 Å². The molecule has 12 heteroatoms. The average Bonchev–Trinajstić information content (AvgIpc) is 3.16. The van der Waals surface area contributed by atoms with E-state index >= 15 is 0 Å². The highest BCUT2D eigenvalue weighted by atomic mass is 16.5. The third-order valence-corrected chi connectivity index (χ3v) is 2.58. The zero-order valence-electron chi connectivity index (χ0n) is 16.0. The van der Waals surface area contributed by atoms with Gasteiger partial charge in [-0.15, -0.1) is 0 Å². The van der Waals surface area contributed by atoms with Crippen LogP contribution in [0.1, 0.15) is 13.8 Å². The lowest BCUT2D eigenvalue weighted by atomic mass is 10.5. The van der Waals surface area contributed by atoms with Crippen LogP contribution in [0.5, 0.6) is 0 Å². The van der Waals surface area contributed by atoms with Crippen molar-refractivity contribution in [2.75, 3.05) is 27.3 Å². The first-order chi connectivity index (χ1) is 13.1. The Labute approximate surface area is 161 Å². The SMILES string of the molecule is CCN.CCN1C(=O)C=CC1=O.COC(=O)N1C(=O)C=CC1=O.COC(N)=O. The van der Waals surface area contributed by atoms with Crippen molar-refractivity contribution in [1.82, 2.24) is 9.80 Å². The summed E-state index contributed by atoms with van der Waals surface area (Å²) in [6.07, 6.45) is 2.89. The maximum atomic E-state index is 10.7. The standard InChI is InChI=1S/C6H5NO4.C6H7NO2.C2H5NO2.C2H7N/c1-11-6(10)7-4(8)2-3-5(7)9;1-2-7-5(8)3-4-6(7)9;1-5-2(3)4;1-2-3/h2-3H,1H3;3-4H,2H2,1H3;1H3,(H2,3,4);2-3H2,1H3. The second-order valence-electron chi connectivity index (χ2n) is 4.50. The average molecular weight is 400 g/mol. The summed E-state index contributed by atoms with van der Waals surface area (Å²) in [7, 11) is 2.32. The number of nitrogens with two attached hydrogens (primary N) is 2. The van der Waals surface area contributed by atoms with E-state index in [1.807, 2.05) is 6.92 Å². The molecule has 28 heavy (non-hydrogen) atoms. The minimum Gasteiger partial charge on any atom is -0.453 e. The molecule has 0 unspecified atom stereocenters. The number of rotatable bonds is 1. The smallest absolute Gasteiger partial charge is 0.423 e. The fourth-order valence-electron chi connectivity index (χ4n) is 1.41. The number of imide groups is 4. The Bertz CT molecular complexity index is 621. The Kier molecular flexibility index (Phi) is 13.9.